The lowest BCUT2D eigenvalue weighted by molar-refractivity contribution is 0.147. The summed E-state index contributed by atoms with van der Waals surface area (Å²) >= 11 is 0. The van der Waals surface area contributed by atoms with Crippen LogP contribution in [0.25, 0.3) is 0 Å². The molecule has 0 N–H and O–H groups in total. The monoisotopic (exact) mass is 258 g/mol. The van der Waals surface area contributed by atoms with Gasteiger partial charge in [-0.05, 0) is 41.9 Å². The van der Waals surface area contributed by atoms with Gasteiger partial charge in [0.25, 0.3) is 0 Å². The van der Waals surface area contributed by atoms with Crippen LogP contribution in [0.4, 0.5) is 0 Å². The zero-order valence-electron chi connectivity index (χ0n) is 11.5. The van der Waals surface area contributed by atoms with E-state index in [4.69, 9.17) is 4.74 Å². The fourth-order valence-electron chi connectivity index (χ4n) is 2.82. The Bertz CT molecular complexity index is 454. The third-order valence-electron chi connectivity index (χ3n) is 4.01. The van der Waals surface area contributed by atoms with Crippen LogP contribution in [-0.4, -0.2) is 29.6 Å². The molecule has 3 heteroatoms. The van der Waals surface area contributed by atoms with Crippen LogP contribution in [0.15, 0.2) is 25.0 Å². The van der Waals surface area contributed by atoms with E-state index in [0.29, 0.717) is 13.2 Å². The summed E-state index contributed by atoms with van der Waals surface area (Å²) in [7, 11) is 0. The predicted molar refractivity (Wildman–Crippen MR) is 75.8 cm³/mol. The van der Waals surface area contributed by atoms with E-state index in [1.54, 1.807) is 6.08 Å². The molecule has 0 unspecified atom stereocenters. The molecule has 1 aromatic heterocycles. The molecule has 0 spiro atoms. The number of rotatable bonds is 6. The van der Waals surface area contributed by atoms with Gasteiger partial charge in [-0.2, -0.15) is 0 Å². The molecule has 1 saturated carbocycles. The second-order valence-corrected chi connectivity index (χ2v) is 5.67. The largest absolute Gasteiger partial charge is 0.373 e. The van der Waals surface area contributed by atoms with E-state index in [1.165, 1.54) is 42.6 Å². The van der Waals surface area contributed by atoms with Crippen molar-refractivity contribution in [1.82, 2.24) is 9.88 Å². The molecule has 0 bridgehead atoms. The molecule has 2 heterocycles. The Kier molecular flexibility index (Phi) is 3.95. The van der Waals surface area contributed by atoms with Gasteiger partial charge < -0.3 is 4.74 Å². The standard InChI is InChI=1S/C16H22N2O/c1-2-7-19-12-15-9-17-8-14-11-18(6-5-16(14)15)10-13-3-4-13/h2,8-9,13H,1,3-7,10-12H2. The number of hydrogen-bond donors (Lipinski definition) is 0. The molecule has 3 rings (SSSR count). The van der Waals surface area contributed by atoms with Gasteiger partial charge in [-0.1, -0.05) is 6.08 Å². The van der Waals surface area contributed by atoms with E-state index in [0.717, 1.165) is 18.9 Å². The molecule has 0 amide bonds. The molecular weight excluding hydrogens is 236 g/mol. The molecule has 2 aliphatic rings. The molecule has 1 aliphatic carbocycles. The molecule has 1 aliphatic heterocycles. The number of fused-ring (bicyclic) bond motifs is 1. The summed E-state index contributed by atoms with van der Waals surface area (Å²) in [5, 5.41) is 0. The molecule has 102 valence electrons. The van der Waals surface area contributed by atoms with Gasteiger partial charge in [-0.25, -0.2) is 0 Å². The summed E-state index contributed by atoms with van der Waals surface area (Å²) < 4.78 is 5.56. The predicted octanol–water partition coefficient (Wildman–Crippen LogP) is 2.55. The zero-order chi connectivity index (χ0) is 13.1. The highest BCUT2D eigenvalue weighted by Crippen LogP contribution is 2.31. The average molecular weight is 258 g/mol. The van der Waals surface area contributed by atoms with E-state index in [9.17, 15) is 0 Å². The van der Waals surface area contributed by atoms with Gasteiger partial charge in [-0.15, -0.1) is 6.58 Å². The Morgan fingerprint density at radius 2 is 2.32 bits per heavy atom. The Morgan fingerprint density at radius 1 is 1.42 bits per heavy atom. The van der Waals surface area contributed by atoms with E-state index in [2.05, 4.69) is 16.5 Å². The first-order valence-electron chi connectivity index (χ1n) is 7.22. The molecule has 3 nitrogen and oxygen atoms in total. The van der Waals surface area contributed by atoms with Crippen molar-refractivity contribution in [1.29, 1.82) is 0 Å². The van der Waals surface area contributed by atoms with Crippen molar-refractivity contribution < 1.29 is 4.74 Å². The summed E-state index contributed by atoms with van der Waals surface area (Å²) in [6, 6.07) is 0. The fraction of sp³-hybridized carbons (Fsp3) is 0.562. The summed E-state index contributed by atoms with van der Waals surface area (Å²) in [6.45, 7) is 8.46. The third kappa shape index (κ3) is 3.23. The van der Waals surface area contributed by atoms with Crippen molar-refractivity contribution in [3.63, 3.8) is 0 Å². The Morgan fingerprint density at radius 3 is 3.11 bits per heavy atom. The van der Waals surface area contributed by atoms with Crippen molar-refractivity contribution in [2.75, 3.05) is 19.7 Å². The lowest BCUT2D eigenvalue weighted by Crippen LogP contribution is -2.33. The molecule has 0 saturated heterocycles. The first kappa shape index (κ1) is 12.8. The minimum absolute atomic E-state index is 0.609. The van der Waals surface area contributed by atoms with E-state index in [1.807, 2.05) is 12.4 Å². The summed E-state index contributed by atoms with van der Waals surface area (Å²) in [6.07, 6.45) is 9.77. The highest BCUT2D eigenvalue weighted by atomic mass is 16.5. The smallest absolute Gasteiger partial charge is 0.0738 e. The minimum atomic E-state index is 0.609. The first-order chi connectivity index (χ1) is 9.36. The normalized spacial score (nSPS) is 19.2. The highest BCUT2D eigenvalue weighted by molar-refractivity contribution is 5.33. The van der Waals surface area contributed by atoms with Gasteiger partial charge >= 0.3 is 0 Å². The van der Waals surface area contributed by atoms with Gasteiger partial charge in [0.05, 0.1) is 13.2 Å². The maximum atomic E-state index is 5.56. The second-order valence-electron chi connectivity index (χ2n) is 5.67. The van der Waals surface area contributed by atoms with Gasteiger partial charge in [-0.3, -0.25) is 9.88 Å². The summed E-state index contributed by atoms with van der Waals surface area (Å²) in [4.78, 5) is 6.95. The maximum absolute atomic E-state index is 5.56. The van der Waals surface area contributed by atoms with Crippen LogP contribution in [0, 0.1) is 5.92 Å². The molecule has 0 aromatic carbocycles. The second kappa shape index (κ2) is 5.85. The fourth-order valence-corrected chi connectivity index (χ4v) is 2.82. The van der Waals surface area contributed by atoms with Crippen LogP contribution in [0.3, 0.4) is 0 Å². The Labute approximate surface area is 115 Å². The van der Waals surface area contributed by atoms with Crippen molar-refractivity contribution in [2.45, 2.75) is 32.4 Å². The summed E-state index contributed by atoms with van der Waals surface area (Å²) in [5.41, 5.74) is 4.11. The van der Waals surface area contributed by atoms with Crippen molar-refractivity contribution >= 4 is 0 Å². The third-order valence-corrected chi connectivity index (χ3v) is 4.01. The van der Waals surface area contributed by atoms with E-state index in [-0.39, 0.29) is 0 Å². The quantitative estimate of drug-likeness (QED) is 0.579. The van der Waals surface area contributed by atoms with Gasteiger partial charge in [0, 0.05) is 32.0 Å². The Hall–Kier alpha value is -1.19. The molecule has 0 radical (unpaired) electrons. The SMILES string of the molecule is C=CCOCc1cncc2c1CCN(CC1CC1)C2. The van der Waals surface area contributed by atoms with Crippen molar-refractivity contribution in [3.05, 3.63) is 41.7 Å². The molecule has 19 heavy (non-hydrogen) atoms. The van der Waals surface area contributed by atoms with Gasteiger partial charge in [0.2, 0.25) is 0 Å². The molecule has 1 fully saturated rings. The topological polar surface area (TPSA) is 25.4 Å². The molecule has 0 atom stereocenters. The lowest BCUT2D eigenvalue weighted by atomic mass is 9.97. The zero-order valence-corrected chi connectivity index (χ0v) is 11.5. The highest BCUT2D eigenvalue weighted by Gasteiger charge is 2.26. The van der Waals surface area contributed by atoms with Crippen LogP contribution in [0.1, 0.15) is 29.5 Å². The van der Waals surface area contributed by atoms with Crippen LogP contribution in [0.5, 0.6) is 0 Å². The van der Waals surface area contributed by atoms with Crippen LogP contribution < -0.4 is 0 Å². The maximum Gasteiger partial charge on any atom is 0.0738 e. The Balaban J connectivity index is 1.67. The van der Waals surface area contributed by atoms with E-state index >= 15 is 0 Å². The van der Waals surface area contributed by atoms with Crippen molar-refractivity contribution in [2.24, 2.45) is 5.92 Å². The number of pyridine rings is 1. The van der Waals surface area contributed by atoms with E-state index < -0.39 is 0 Å². The number of nitrogens with zero attached hydrogens (tertiary/aromatic N) is 2. The van der Waals surface area contributed by atoms with Crippen LogP contribution in [0.2, 0.25) is 0 Å². The number of aromatic nitrogens is 1. The number of hydrogen-bond acceptors (Lipinski definition) is 3. The first-order valence-corrected chi connectivity index (χ1v) is 7.22. The summed E-state index contributed by atoms with van der Waals surface area (Å²) in [5.74, 6) is 0.966. The van der Waals surface area contributed by atoms with Gasteiger partial charge in [0.15, 0.2) is 0 Å². The average Bonchev–Trinajstić information content (AvgIpc) is 3.23. The van der Waals surface area contributed by atoms with Crippen LogP contribution >= 0.6 is 0 Å². The molecular formula is C16H22N2O. The molecule has 1 aromatic rings. The van der Waals surface area contributed by atoms with Crippen LogP contribution in [-0.2, 0) is 24.3 Å². The van der Waals surface area contributed by atoms with Gasteiger partial charge in [0.1, 0.15) is 0 Å². The number of ether oxygens (including phenoxy) is 1. The lowest BCUT2D eigenvalue weighted by Gasteiger charge is -2.29. The van der Waals surface area contributed by atoms with Crippen molar-refractivity contribution in [3.8, 4) is 0 Å². The minimum Gasteiger partial charge on any atom is -0.373 e.